The quantitative estimate of drug-likeness (QED) is 0.522. The monoisotopic (exact) mass is 292 g/mol. The van der Waals surface area contributed by atoms with Crippen LogP contribution in [0.4, 0.5) is 0 Å². The molecule has 17 heavy (non-hydrogen) atoms. The van der Waals surface area contributed by atoms with E-state index in [1.165, 1.54) is 0 Å². The molecule has 0 aliphatic heterocycles. The smallest absolute Gasteiger partial charge is 0.106 e. The highest BCUT2D eigenvalue weighted by Gasteiger charge is 1.96. The summed E-state index contributed by atoms with van der Waals surface area (Å²) >= 11 is 3.33. The average molecular weight is 293 g/mol. The molecule has 1 heterocycles. The molecule has 0 spiro atoms. The van der Waals surface area contributed by atoms with Crippen LogP contribution in [0.15, 0.2) is 53.1 Å². The summed E-state index contributed by atoms with van der Waals surface area (Å²) in [6, 6.07) is 15.8. The first-order valence-electron chi connectivity index (χ1n) is 5.34. The van der Waals surface area contributed by atoms with Crippen LogP contribution in [0.2, 0.25) is 0 Å². The van der Waals surface area contributed by atoms with E-state index < -0.39 is 0 Å². The first-order chi connectivity index (χ1) is 8.34. The van der Waals surface area contributed by atoms with Gasteiger partial charge in [-0.1, -0.05) is 36.4 Å². The summed E-state index contributed by atoms with van der Waals surface area (Å²) in [6.07, 6.45) is 0. The summed E-state index contributed by atoms with van der Waals surface area (Å²) in [4.78, 5) is 9.65. The topological polar surface area (TPSA) is 34.1 Å². The minimum absolute atomic E-state index is 0.550. The molecule has 0 amide bonds. The van der Waals surface area contributed by atoms with Crippen molar-refractivity contribution in [2.75, 3.05) is 0 Å². The van der Waals surface area contributed by atoms with Crippen LogP contribution in [-0.4, -0.2) is 4.98 Å². The van der Waals surface area contributed by atoms with Gasteiger partial charge in [-0.3, -0.25) is 4.84 Å². The maximum absolute atomic E-state index is 5.36. The van der Waals surface area contributed by atoms with Crippen LogP contribution in [-0.2, 0) is 18.0 Å². The van der Waals surface area contributed by atoms with E-state index >= 15 is 0 Å². The molecule has 1 aromatic carbocycles. The molecule has 0 atom stereocenters. The zero-order valence-electron chi connectivity index (χ0n) is 9.27. The number of aromatic nitrogens is 1. The average Bonchev–Trinajstić information content (AvgIpc) is 2.36. The molecule has 2 rings (SSSR count). The zero-order chi connectivity index (χ0) is 11.9. The predicted octanol–water partition coefficient (Wildman–Crippen LogP) is 3.07. The van der Waals surface area contributed by atoms with Gasteiger partial charge in [-0.25, -0.2) is 4.98 Å². The SMILES string of the molecule is Brc1cccc(CNOCc2ccccc2)n1. The Kier molecular flexibility index (Phi) is 4.67. The third kappa shape index (κ3) is 4.26. The largest absolute Gasteiger partial charge is 0.297 e. The number of nitrogens with one attached hydrogen (secondary N) is 1. The molecule has 0 aliphatic carbocycles. The highest BCUT2D eigenvalue weighted by Crippen LogP contribution is 2.06. The first-order valence-corrected chi connectivity index (χ1v) is 6.14. The first kappa shape index (κ1) is 12.2. The van der Waals surface area contributed by atoms with Gasteiger partial charge >= 0.3 is 0 Å². The third-order valence-electron chi connectivity index (χ3n) is 2.21. The predicted molar refractivity (Wildman–Crippen MR) is 70.0 cm³/mol. The van der Waals surface area contributed by atoms with Crippen LogP contribution in [0, 0.1) is 0 Å². The molecule has 1 N–H and O–H groups in total. The van der Waals surface area contributed by atoms with Gasteiger partial charge in [0.25, 0.3) is 0 Å². The van der Waals surface area contributed by atoms with Crippen LogP contribution in [0.25, 0.3) is 0 Å². The molecule has 0 saturated carbocycles. The van der Waals surface area contributed by atoms with Crippen molar-refractivity contribution in [1.82, 2.24) is 10.5 Å². The highest BCUT2D eigenvalue weighted by molar-refractivity contribution is 9.10. The van der Waals surface area contributed by atoms with E-state index in [0.29, 0.717) is 13.2 Å². The van der Waals surface area contributed by atoms with Crippen molar-refractivity contribution in [3.05, 3.63) is 64.4 Å². The second-order valence-corrected chi connectivity index (χ2v) is 4.36. The number of rotatable bonds is 5. The standard InChI is InChI=1S/C13H13BrN2O/c14-13-8-4-7-12(16-13)9-15-17-10-11-5-2-1-3-6-11/h1-8,15H,9-10H2. The van der Waals surface area contributed by atoms with Crippen LogP contribution >= 0.6 is 15.9 Å². The normalized spacial score (nSPS) is 10.4. The van der Waals surface area contributed by atoms with Gasteiger partial charge < -0.3 is 0 Å². The van der Waals surface area contributed by atoms with Crippen molar-refractivity contribution < 1.29 is 4.84 Å². The van der Waals surface area contributed by atoms with Crippen molar-refractivity contribution in [2.45, 2.75) is 13.2 Å². The van der Waals surface area contributed by atoms with Crippen molar-refractivity contribution in [3.8, 4) is 0 Å². The highest BCUT2D eigenvalue weighted by atomic mass is 79.9. The summed E-state index contributed by atoms with van der Waals surface area (Å²) in [5.74, 6) is 0. The maximum Gasteiger partial charge on any atom is 0.106 e. The third-order valence-corrected chi connectivity index (χ3v) is 2.65. The van der Waals surface area contributed by atoms with Crippen molar-refractivity contribution >= 4 is 15.9 Å². The van der Waals surface area contributed by atoms with Gasteiger partial charge in [0.1, 0.15) is 4.60 Å². The number of hydroxylamine groups is 1. The van der Waals surface area contributed by atoms with E-state index in [1.807, 2.05) is 48.5 Å². The van der Waals surface area contributed by atoms with E-state index in [2.05, 4.69) is 26.4 Å². The van der Waals surface area contributed by atoms with E-state index in [4.69, 9.17) is 4.84 Å². The Morgan fingerprint density at radius 3 is 2.65 bits per heavy atom. The Balaban J connectivity index is 1.73. The van der Waals surface area contributed by atoms with E-state index in [1.54, 1.807) is 0 Å². The number of benzene rings is 1. The Morgan fingerprint density at radius 1 is 1.06 bits per heavy atom. The van der Waals surface area contributed by atoms with E-state index in [9.17, 15) is 0 Å². The minimum Gasteiger partial charge on any atom is -0.297 e. The Hall–Kier alpha value is -1.23. The second-order valence-electron chi connectivity index (χ2n) is 3.55. The Labute approximate surface area is 109 Å². The molecule has 0 unspecified atom stereocenters. The van der Waals surface area contributed by atoms with Crippen molar-refractivity contribution in [3.63, 3.8) is 0 Å². The fourth-order valence-corrected chi connectivity index (χ4v) is 1.76. The summed E-state index contributed by atoms with van der Waals surface area (Å²) in [5.41, 5.74) is 4.97. The summed E-state index contributed by atoms with van der Waals surface area (Å²) in [5, 5.41) is 0. The number of pyridine rings is 1. The lowest BCUT2D eigenvalue weighted by molar-refractivity contribution is 0.0228. The van der Waals surface area contributed by atoms with Gasteiger partial charge in [-0.05, 0) is 33.6 Å². The molecule has 4 heteroatoms. The summed E-state index contributed by atoms with van der Waals surface area (Å²) in [6.45, 7) is 1.14. The summed E-state index contributed by atoms with van der Waals surface area (Å²) < 4.78 is 0.833. The van der Waals surface area contributed by atoms with Crippen LogP contribution in [0.1, 0.15) is 11.3 Å². The van der Waals surface area contributed by atoms with Gasteiger partial charge in [0.2, 0.25) is 0 Å². The fraction of sp³-hybridized carbons (Fsp3) is 0.154. The number of hydrogen-bond donors (Lipinski definition) is 1. The molecular formula is C13H13BrN2O. The van der Waals surface area contributed by atoms with Gasteiger partial charge in [-0.15, -0.1) is 0 Å². The van der Waals surface area contributed by atoms with E-state index in [0.717, 1.165) is 15.9 Å². The number of hydrogen-bond acceptors (Lipinski definition) is 3. The van der Waals surface area contributed by atoms with Gasteiger partial charge in [0.15, 0.2) is 0 Å². The molecular weight excluding hydrogens is 280 g/mol. The molecule has 88 valence electrons. The van der Waals surface area contributed by atoms with Crippen molar-refractivity contribution in [2.24, 2.45) is 0 Å². The lowest BCUT2D eigenvalue weighted by atomic mass is 10.2. The molecule has 2 aromatic rings. The zero-order valence-corrected chi connectivity index (χ0v) is 10.9. The Morgan fingerprint density at radius 2 is 1.88 bits per heavy atom. The molecule has 0 radical (unpaired) electrons. The van der Waals surface area contributed by atoms with Gasteiger partial charge in [-0.2, -0.15) is 5.48 Å². The fourth-order valence-electron chi connectivity index (χ4n) is 1.38. The van der Waals surface area contributed by atoms with Gasteiger partial charge in [0, 0.05) is 0 Å². The lowest BCUT2D eigenvalue weighted by Gasteiger charge is -2.05. The van der Waals surface area contributed by atoms with Crippen molar-refractivity contribution in [1.29, 1.82) is 0 Å². The molecule has 3 nitrogen and oxygen atoms in total. The maximum atomic E-state index is 5.36. The lowest BCUT2D eigenvalue weighted by Crippen LogP contribution is -2.14. The van der Waals surface area contributed by atoms with Crippen LogP contribution in [0.3, 0.4) is 0 Å². The molecule has 0 fully saturated rings. The molecule has 0 saturated heterocycles. The number of halogens is 1. The second kappa shape index (κ2) is 6.49. The van der Waals surface area contributed by atoms with Gasteiger partial charge in [0.05, 0.1) is 18.8 Å². The molecule has 0 aliphatic rings. The molecule has 0 bridgehead atoms. The van der Waals surface area contributed by atoms with Crippen LogP contribution in [0.5, 0.6) is 0 Å². The minimum atomic E-state index is 0.550. The van der Waals surface area contributed by atoms with Crippen LogP contribution < -0.4 is 5.48 Å². The van der Waals surface area contributed by atoms with E-state index in [-0.39, 0.29) is 0 Å². The molecule has 1 aromatic heterocycles. The number of nitrogens with zero attached hydrogens (tertiary/aromatic N) is 1. The summed E-state index contributed by atoms with van der Waals surface area (Å²) in [7, 11) is 0. The Bertz CT molecular complexity index is 462.